The van der Waals surface area contributed by atoms with Crippen LogP contribution in [-0.2, 0) is 0 Å². The highest BCUT2D eigenvalue weighted by Gasteiger charge is 2.13. The molecule has 3 aromatic rings. The van der Waals surface area contributed by atoms with E-state index in [0.717, 1.165) is 27.0 Å². The lowest BCUT2D eigenvalue weighted by Crippen LogP contribution is -1.92. The Morgan fingerprint density at radius 3 is 2.52 bits per heavy atom. The Labute approximate surface area is 144 Å². The molecule has 0 bridgehead atoms. The minimum atomic E-state index is 0.887. The van der Waals surface area contributed by atoms with Gasteiger partial charge in [-0.05, 0) is 55.5 Å². The molecule has 118 valence electrons. The summed E-state index contributed by atoms with van der Waals surface area (Å²) < 4.78 is 5.34. The SMILES string of the molecule is COc1cc(C)c(-c2csc(-c3ccnc(SC)c3)n2)c(C)c1. The van der Waals surface area contributed by atoms with Crippen molar-refractivity contribution < 1.29 is 4.74 Å². The maximum Gasteiger partial charge on any atom is 0.124 e. The van der Waals surface area contributed by atoms with Gasteiger partial charge in [-0.2, -0.15) is 0 Å². The van der Waals surface area contributed by atoms with Crippen LogP contribution >= 0.6 is 23.1 Å². The van der Waals surface area contributed by atoms with Crippen LogP contribution in [-0.4, -0.2) is 23.3 Å². The second kappa shape index (κ2) is 6.72. The topological polar surface area (TPSA) is 35.0 Å². The van der Waals surface area contributed by atoms with Crippen molar-refractivity contribution in [3.8, 4) is 27.6 Å². The van der Waals surface area contributed by atoms with Gasteiger partial charge in [0, 0.05) is 22.7 Å². The first-order valence-corrected chi connectivity index (χ1v) is 9.34. The molecule has 0 saturated heterocycles. The van der Waals surface area contributed by atoms with Crippen LogP contribution in [0.5, 0.6) is 5.75 Å². The molecule has 0 unspecified atom stereocenters. The first-order chi connectivity index (χ1) is 11.1. The molecule has 0 radical (unpaired) electrons. The van der Waals surface area contributed by atoms with Crippen LogP contribution in [0.4, 0.5) is 0 Å². The molecule has 1 aromatic carbocycles. The predicted molar refractivity (Wildman–Crippen MR) is 98.6 cm³/mol. The van der Waals surface area contributed by atoms with Crippen molar-refractivity contribution in [3.63, 3.8) is 0 Å². The van der Waals surface area contributed by atoms with E-state index >= 15 is 0 Å². The number of thiazole rings is 1. The third kappa shape index (κ3) is 3.26. The Kier molecular flexibility index (Phi) is 4.68. The quantitative estimate of drug-likeness (QED) is 0.609. The minimum absolute atomic E-state index is 0.887. The van der Waals surface area contributed by atoms with Gasteiger partial charge in [0.25, 0.3) is 0 Å². The number of ether oxygens (including phenoxy) is 1. The summed E-state index contributed by atoms with van der Waals surface area (Å²) in [6, 6.07) is 8.20. The second-order valence-electron chi connectivity index (χ2n) is 5.26. The fraction of sp³-hybridized carbons (Fsp3) is 0.222. The molecule has 0 atom stereocenters. The zero-order chi connectivity index (χ0) is 16.4. The number of hydrogen-bond acceptors (Lipinski definition) is 5. The summed E-state index contributed by atoms with van der Waals surface area (Å²) in [6.45, 7) is 4.20. The molecular formula is C18H18N2OS2. The van der Waals surface area contributed by atoms with Gasteiger partial charge in [-0.25, -0.2) is 9.97 Å². The van der Waals surface area contributed by atoms with Crippen LogP contribution < -0.4 is 4.74 Å². The molecule has 3 rings (SSSR count). The van der Waals surface area contributed by atoms with Crippen molar-refractivity contribution >= 4 is 23.1 Å². The van der Waals surface area contributed by atoms with Crippen molar-refractivity contribution in [3.05, 3.63) is 47.0 Å². The lowest BCUT2D eigenvalue weighted by atomic mass is 10.0. The van der Waals surface area contributed by atoms with E-state index in [0.29, 0.717) is 0 Å². The standard InChI is InChI=1S/C18H18N2OS2/c1-11-7-14(21-3)8-12(2)17(11)15-10-23-18(20-15)13-5-6-19-16(9-13)22-4/h5-10H,1-4H3. The van der Waals surface area contributed by atoms with Crippen LogP contribution in [0, 0.1) is 13.8 Å². The highest BCUT2D eigenvalue weighted by molar-refractivity contribution is 7.98. The molecule has 0 saturated carbocycles. The summed E-state index contributed by atoms with van der Waals surface area (Å²) in [7, 11) is 1.70. The molecule has 0 amide bonds. The number of rotatable bonds is 4. The normalized spacial score (nSPS) is 10.8. The molecule has 0 fully saturated rings. The number of aryl methyl sites for hydroxylation is 2. The number of thioether (sulfide) groups is 1. The van der Waals surface area contributed by atoms with Crippen LogP contribution in [0.1, 0.15) is 11.1 Å². The molecule has 0 aliphatic heterocycles. The average molecular weight is 342 g/mol. The Bertz CT molecular complexity index is 820. The van der Waals surface area contributed by atoms with Gasteiger partial charge in [0.1, 0.15) is 10.8 Å². The molecular weight excluding hydrogens is 324 g/mol. The number of aromatic nitrogens is 2. The third-order valence-corrected chi connectivity index (χ3v) is 5.23. The molecule has 3 nitrogen and oxygen atoms in total. The van der Waals surface area contributed by atoms with Gasteiger partial charge in [0.2, 0.25) is 0 Å². The number of methoxy groups -OCH3 is 1. The van der Waals surface area contributed by atoms with E-state index in [4.69, 9.17) is 9.72 Å². The van der Waals surface area contributed by atoms with Gasteiger partial charge in [0.15, 0.2) is 0 Å². The smallest absolute Gasteiger partial charge is 0.124 e. The Morgan fingerprint density at radius 1 is 1.13 bits per heavy atom. The Balaban J connectivity index is 2.02. The summed E-state index contributed by atoms with van der Waals surface area (Å²) >= 11 is 3.31. The van der Waals surface area contributed by atoms with Crippen molar-refractivity contribution in [1.82, 2.24) is 9.97 Å². The zero-order valence-electron chi connectivity index (χ0n) is 13.6. The minimum Gasteiger partial charge on any atom is -0.497 e. The highest BCUT2D eigenvalue weighted by Crippen LogP contribution is 2.34. The lowest BCUT2D eigenvalue weighted by Gasteiger charge is -2.10. The van der Waals surface area contributed by atoms with Crippen molar-refractivity contribution in [2.45, 2.75) is 18.9 Å². The van der Waals surface area contributed by atoms with Gasteiger partial charge in [-0.1, -0.05) is 0 Å². The number of hydrogen-bond donors (Lipinski definition) is 0. The zero-order valence-corrected chi connectivity index (χ0v) is 15.2. The molecule has 5 heteroatoms. The maximum absolute atomic E-state index is 5.34. The summed E-state index contributed by atoms with van der Waals surface area (Å²) in [5.74, 6) is 0.887. The highest BCUT2D eigenvalue weighted by atomic mass is 32.2. The maximum atomic E-state index is 5.34. The summed E-state index contributed by atoms with van der Waals surface area (Å²) in [4.78, 5) is 9.17. The lowest BCUT2D eigenvalue weighted by molar-refractivity contribution is 0.414. The van der Waals surface area contributed by atoms with E-state index < -0.39 is 0 Å². The average Bonchev–Trinajstić information content (AvgIpc) is 3.03. The summed E-state index contributed by atoms with van der Waals surface area (Å²) in [6.07, 6.45) is 3.87. The second-order valence-corrected chi connectivity index (χ2v) is 6.95. The van der Waals surface area contributed by atoms with E-state index in [1.165, 1.54) is 16.7 Å². The number of benzene rings is 1. The van der Waals surface area contributed by atoms with E-state index in [2.05, 4.69) is 42.4 Å². The largest absolute Gasteiger partial charge is 0.497 e. The van der Waals surface area contributed by atoms with Gasteiger partial charge < -0.3 is 4.74 Å². The monoisotopic (exact) mass is 342 g/mol. The molecule has 23 heavy (non-hydrogen) atoms. The Morgan fingerprint density at radius 2 is 1.87 bits per heavy atom. The molecule has 0 aliphatic rings. The number of nitrogens with zero attached hydrogens (tertiary/aromatic N) is 2. The van der Waals surface area contributed by atoms with E-state index in [9.17, 15) is 0 Å². The third-order valence-electron chi connectivity index (χ3n) is 3.69. The van der Waals surface area contributed by atoms with Crippen molar-refractivity contribution in [2.24, 2.45) is 0 Å². The molecule has 0 N–H and O–H groups in total. The summed E-state index contributed by atoms with van der Waals surface area (Å²) in [5, 5.41) is 4.15. The van der Waals surface area contributed by atoms with Gasteiger partial charge in [0.05, 0.1) is 17.8 Å². The summed E-state index contributed by atoms with van der Waals surface area (Å²) in [5.41, 5.74) is 5.68. The molecule has 2 aromatic heterocycles. The van der Waals surface area contributed by atoms with Gasteiger partial charge >= 0.3 is 0 Å². The first-order valence-electron chi connectivity index (χ1n) is 7.24. The molecule has 2 heterocycles. The van der Waals surface area contributed by atoms with E-state index in [1.54, 1.807) is 30.2 Å². The Hall–Kier alpha value is -1.85. The fourth-order valence-corrected chi connectivity index (χ4v) is 3.84. The molecule has 0 spiro atoms. The molecule has 0 aliphatic carbocycles. The van der Waals surface area contributed by atoms with Crippen molar-refractivity contribution in [1.29, 1.82) is 0 Å². The van der Waals surface area contributed by atoms with E-state index in [1.807, 2.05) is 18.5 Å². The van der Waals surface area contributed by atoms with Gasteiger partial charge in [-0.15, -0.1) is 23.1 Å². The van der Waals surface area contributed by atoms with Crippen molar-refractivity contribution in [2.75, 3.05) is 13.4 Å². The number of pyridine rings is 1. The van der Waals surface area contributed by atoms with Gasteiger partial charge in [-0.3, -0.25) is 0 Å². The first kappa shape index (κ1) is 16.0. The van der Waals surface area contributed by atoms with E-state index in [-0.39, 0.29) is 0 Å². The van der Waals surface area contributed by atoms with Crippen LogP contribution in [0.15, 0.2) is 40.9 Å². The van der Waals surface area contributed by atoms with Crippen LogP contribution in [0.2, 0.25) is 0 Å². The van der Waals surface area contributed by atoms with Crippen LogP contribution in [0.3, 0.4) is 0 Å². The predicted octanol–water partition coefficient (Wildman–Crippen LogP) is 5.22. The van der Waals surface area contributed by atoms with Crippen LogP contribution in [0.25, 0.3) is 21.8 Å². The fourth-order valence-electron chi connectivity index (χ4n) is 2.62.